The molecule has 5 saturated heterocycles. The van der Waals surface area contributed by atoms with Crippen molar-refractivity contribution in [2.45, 2.75) is 370 Å². The molecule has 7 amide bonds. The van der Waals surface area contributed by atoms with Crippen LogP contribution in [-0.4, -0.2) is 267 Å². The van der Waals surface area contributed by atoms with E-state index in [1.807, 2.05) is 111 Å². The second kappa shape index (κ2) is 54.6. The molecule has 33 heteroatoms. The number of benzene rings is 1. The van der Waals surface area contributed by atoms with E-state index in [9.17, 15) is 67.2 Å². The summed E-state index contributed by atoms with van der Waals surface area (Å²) in [6.45, 7) is 42.6. The number of likely N-dealkylation sites (tertiary alicyclic amines) is 5. The third kappa shape index (κ3) is 41.2. The Bertz CT molecular complexity index is 3490. The van der Waals surface area contributed by atoms with Crippen LogP contribution in [0.1, 0.15) is 272 Å². The highest BCUT2D eigenvalue weighted by molar-refractivity contribution is 8.00. The van der Waals surface area contributed by atoms with E-state index in [0.29, 0.717) is 128 Å². The van der Waals surface area contributed by atoms with E-state index >= 15 is 0 Å². The van der Waals surface area contributed by atoms with E-state index < -0.39 is 39.8 Å². The number of phenols is 1. The highest BCUT2D eigenvalue weighted by Gasteiger charge is 2.46. The van der Waals surface area contributed by atoms with Gasteiger partial charge in [-0.25, -0.2) is 9.13 Å². The van der Waals surface area contributed by atoms with E-state index in [1.165, 1.54) is 4.90 Å². The number of carbonyl (C=O) groups excluding carboxylic acids is 9. The van der Waals surface area contributed by atoms with Crippen LogP contribution >= 0.6 is 27.4 Å². The van der Waals surface area contributed by atoms with Crippen LogP contribution in [0.15, 0.2) is 24.3 Å². The molecule has 6 fully saturated rings. The molecule has 6 aliphatic rings. The Morgan fingerprint density at radius 2 is 0.943 bits per heavy atom. The lowest BCUT2D eigenvalue weighted by Gasteiger charge is -2.30. The number of carbonyl (C=O) groups is 9. The van der Waals surface area contributed by atoms with Crippen molar-refractivity contribution in [3.63, 3.8) is 0 Å². The zero-order chi connectivity index (χ0) is 91.6. The number of ether oxygens (including phenoxy) is 4. The summed E-state index contributed by atoms with van der Waals surface area (Å²) in [7, 11) is -8.97. The van der Waals surface area contributed by atoms with Crippen molar-refractivity contribution in [3.8, 4) is 5.75 Å². The fourth-order valence-corrected chi connectivity index (χ4v) is 19.6. The largest absolute Gasteiger partial charge is 0.508 e. The number of phosphoric acid groups is 2. The highest BCUT2D eigenvalue weighted by atomic mass is 32.2. The number of amides is 7. The number of rotatable bonds is 51. The van der Waals surface area contributed by atoms with E-state index in [4.69, 9.17) is 37.0 Å². The number of nitrogens with one attached hydrogen (secondary N) is 3. The van der Waals surface area contributed by atoms with E-state index in [-0.39, 0.29) is 194 Å². The summed E-state index contributed by atoms with van der Waals surface area (Å²) in [6.07, 6.45) is 9.84. The molecular weight excluding hydrogens is 1640 g/mol. The van der Waals surface area contributed by atoms with Crippen molar-refractivity contribution in [2.75, 3.05) is 78.0 Å². The molecule has 0 spiro atoms. The minimum atomic E-state index is -4.51. The second-order valence-corrected chi connectivity index (χ2v) is 41.8. The van der Waals surface area contributed by atoms with Crippen LogP contribution in [0.4, 0.5) is 0 Å². The molecule has 30 nitrogen and oxygen atoms in total. The zero-order valence-electron chi connectivity index (χ0n) is 78.0. The van der Waals surface area contributed by atoms with Gasteiger partial charge in [0.25, 0.3) is 0 Å². The maximum Gasteiger partial charge on any atom is 0.472 e. The minimum Gasteiger partial charge on any atom is -0.508 e. The van der Waals surface area contributed by atoms with Crippen molar-refractivity contribution < 1.29 is 104 Å². The summed E-state index contributed by atoms with van der Waals surface area (Å²) in [5.74, 6) is 1.58. The SMILES string of the molecule is CC(C)CCCCC(=O)N1C[C@H](OC(C)C)C[C@H]1COP(=O)(O)O[C@@H]1C[C@@H](COC(C)C)N(C(=O)CCNC(C)C)C1.CC(C)CCSC1CC(=O)N(CC2CCC(C(=O)CC(Cc3ccc(O)cc3)C(=O)NC(C)C)CC2)C1=O.CC(C)NCCC(=O)N1C[C@H](OP(=O)(O)OC[C@@H]2C[C@@H](OC(C)C)CN2C(=O)CCCC(=O)C(C)C)C[C@H]1COC(C)C. The molecule has 706 valence electrons. The average Bonchev–Trinajstić information content (AvgIpc) is 1.70. The van der Waals surface area contributed by atoms with Crippen LogP contribution in [0.3, 0.4) is 0 Å². The number of ketones is 2. The van der Waals surface area contributed by atoms with Gasteiger partial charge in [0.1, 0.15) is 17.3 Å². The Balaban J connectivity index is 0.000000328. The van der Waals surface area contributed by atoms with Crippen molar-refractivity contribution in [3.05, 3.63) is 29.8 Å². The van der Waals surface area contributed by atoms with Gasteiger partial charge in [0, 0.05) is 127 Å². The number of thioether (sulfide) groups is 1. The first-order chi connectivity index (χ1) is 57.8. The molecule has 123 heavy (non-hydrogen) atoms. The van der Waals surface area contributed by atoms with Crippen LogP contribution in [-0.2, 0) is 95.7 Å². The number of hydrogen-bond acceptors (Lipinski definition) is 23. The summed E-state index contributed by atoms with van der Waals surface area (Å²) in [5, 5.41) is 18.8. The lowest BCUT2D eigenvalue weighted by Crippen LogP contribution is -2.40. The number of phosphoric ester groups is 2. The molecule has 5 heterocycles. The monoisotopic (exact) mass is 1800 g/mol. The van der Waals surface area contributed by atoms with Gasteiger partial charge in [0.15, 0.2) is 0 Å². The van der Waals surface area contributed by atoms with E-state index in [0.717, 1.165) is 62.7 Å². The molecule has 0 aromatic heterocycles. The molecule has 1 saturated carbocycles. The first-order valence-corrected chi connectivity index (χ1v) is 49.9. The quantitative estimate of drug-likeness (QED) is 0.0200. The van der Waals surface area contributed by atoms with Crippen molar-refractivity contribution >= 4 is 80.3 Å². The Kier molecular flexibility index (Phi) is 48.3. The Morgan fingerprint density at radius 1 is 0.512 bits per heavy atom. The number of hydrogen-bond donors (Lipinski definition) is 6. The number of phenolic OH excluding ortho intramolecular Hbond substituents is 1. The molecule has 7 rings (SSSR count). The van der Waals surface area contributed by atoms with Crippen LogP contribution in [0.25, 0.3) is 0 Å². The molecule has 5 aliphatic heterocycles. The number of unbranched alkanes of at least 4 members (excludes halogenated alkanes) is 1. The van der Waals surface area contributed by atoms with Gasteiger partial charge in [-0.05, 0) is 187 Å². The van der Waals surface area contributed by atoms with Gasteiger partial charge in [-0.15, -0.1) is 11.8 Å². The minimum absolute atomic E-state index is 0.00624. The van der Waals surface area contributed by atoms with Gasteiger partial charge < -0.3 is 69.4 Å². The summed E-state index contributed by atoms with van der Waals surface area (Å²) in [4.78, 5) is 145. The Hall–Kier alpha value is -4.82. The number of nitrogens with zero attached hydrogens (tertiary/aromatic N) is 5. The molecule has 4 unspecified atom stereocenters. The third-order valence-electron chi connectivity index (χ3n) is 22.7. The van der Waals surface area contributed by atoms with Gasteiger partial charge >= 0.3 is 15.6 Å². The molecule has 0 radical (unpaired) electrons. The molecule has 1 aromatic carbocycles. The van der Waals surface area contributed by atoms with Gasteiger partial charge in [-0.3, -0.25) is 66.1 Å². The standard InChI is InChI=1S/C30H56N3O9P.C30H58N3O8P.C30H44N2O5S/c1-20(2)28(34)10-9-11-29(35)32-16-26(41-23(7)8)14-25(32)19-40-43(37,38)42-27-15-24(18-39-22(5)6)33(17-27)30(36)12-13-31-21(3)4;1-21(2)11-9-10-12-29(34)32-17-27(40-24(7)8)15-26(32)20-39-42(36,37)41-28-16-25(19-38-23(5)6)33(18-28)30(35)13-14-31-22(3)4;1-19(2)13-14-38-27-17-28(35)32(30(27)37)18-22-5-9-23(10-6-22)26(34)16-24(29(36)31-20(3)4)15-21-7-11-25(33)12-8-21/h20-27,31H,9-19H2,1-8H3,(H,37,38);21-28,31H,9-20H2,1-8H3,(H,36,37);7-8,11-12,19-20,22-24,27,33H,5-6,9-10,13-18H2,1-4H3,(H,31,36)/t24-,25-,26+,27+;25-,26-,27+,28+;/m00./s1. The Morgan fingerprint density at radius 3 is 1.37 bits per heavy atom. The molecule has 6 N–H and O–H groups in total. The van der Waals surface area contributed by atoms with Gasteiger partial charge in [0.2, 0.25) is 41.4 Å². The number of aromatic hydroxyl groups is 1. The predicted molar refractivity (Wildman–Crippen MR) is 477 cm³/mol. The maximum absolute atomic E-state index is 13.2. The van der Waals surface area contributed by atoms with Crippen LogP contribution < -0.4 is 16.0 Å². The lowest BCUT2D eigenvalue weighted by atomic mass is 9.77. The van der Waals surface area contributed by atoms with E-state index in [1.54, 1.807) is 55.6 Å². The van der Waals surface area contributed by atoms with Crippen LogP contribution in [0, 0.1) is 35.5 Å². The average molecular weight is 1800 g/mol. The molecule has 1 aromatic rings. The second-order valence-electron chi connectivity index (χ2n) is 37.6. The summed E-state index contributed by atoms with van der Waals surface area (Å²) in [5.41, 5.74) is 0.906. The topological polar surface area (TPSA) is 375 Å². The normalized spacial score (nSPS) is 23.8. The van der Waals surface area contributed by atoms with Gasteiger partial charge in [0.05, 0.1) is 105 Å². The van der Waals surface area contributed by atoms with Gasteiger partial charge in [-0.1, -0.05) is 94.2 Å². The summed E-state index contributed by atoms with van der Waals surface area (Å²) >= 11 is 1.61. The third-order valence-corrected chi connectivity index (χ3v) is 26.0. The molecule has 0 bridgehead atoms. The summed E-state index contributed by atoms with van der Waals surface area (Å²) < 4.78 is 71.7. The first kappa shape index (κ1) is 109. The molecular formula is C90H158N8O22P2S. The predicted octanol–water partition coefficient (Wildman–Crippen LogP) is 13.0. The highest BCUT2D eigenvalue weighted by Crippen LogP contribution is 2.49. The summed E-state index contributed by atoms with van der Waals surface area (Å²) in [6, 6.07) is 5.90. The smallest absolute Gasteiger partial charge is 0.472 e. The number of Topliss-reactive ketones (excluding diaryl/α,β-unsaturated/α-hetero) is 2. The fourth-order valence-electron chi connectivity index (χ4n) is 16.2. The lowest BCUT2D eigenvalue weighted by molar-refractivity contribution is -0.140. The zero-order valence-corrected chi connectivity index (χ0v) is 80.6. The number of imide groups is 1. The fraction of sp³-hybridized carbons (Fsp3) is 0.833. The van der Waals surface area contributed by atoms with Crippen molar-refractivity contribution in [1.29, 1.82) is 0 Å². The van der Waals surface area contributed by atoms with Crippen molar-refractivity contribution in [1.82, 2.24) is 40.4 Å². The molecule has 1 aliphatic carbocycles. The van der Waals surface area contributed by atoms with Crippen LogP contribution in [0.2, 0.25) is 0 Å². The maximum atomic E-state index is 13.2. The first-order valence-electron chi connectivity index (χ1n) is 45.9. The van der Waals surface area contributed by atoms with Crippen LogP contribution in [0.5, 0.6) is 5.75 Å². The van der Waals surface area contributed by atoms with E-state index in [2.05, 4.69) is 43.6 Å². The Labute approximate surface area is 739 Å². The van der Waals surface area contributed by atoms with Crippen molar-refractivity contribution in [2.24, 2.45) is 35.5 Å². The van der Waals surface area contributed by atoms with Gasteiger partial charge in [-0.2, -0.15) is 0 Å². The molecule has 12 atom stereocenters.